The van der Waals surface area contributed by atoms with Crippen molar-refractivity contribution in [3.63, 3.8) is 0 Å². The Bertz CT molecular complexity index is 1110. The van der Waals surface area contributed by atoms with Gasteiger partial charge in [0.1, 0.15) is 5.75 Å². The number of anilines is 2. The van der Waals surface area contributed by atoms with Gasteiger partial charge in [0, 0.05) is 30.4 Å². The number of hydrogen-bond donors (Lipinski definition) is 2. The molecule has 3 aromatic rings. The average Bonchev–Trinajstić information content (AvgIpc) is 2.77. The second-order valence-electron chi connectivity index (χ2n) is 7.29. The molecule has 2 aromatic carbocycles. The molecule has 0 radical (unpaired) electrons. The number of benzene rings is 2. The molecule has 1 aliphatic rings. The zero-order valence-corrected chi connectivity index (χ0v) is 17.4. The minimum absolute atomic E-state index is 0.261. The Morgan fingerprint density at radius 2 is 2.10 bits per heavy atom. The summed E-state index contributed by atoms with van der Waals surface area (Å²) in [4.78, 5) is 2.14. The van der Waals surface area contributed by atoms with Crippen molar-refractivity contribution < 1.29 is 9.84 Å². The van der Waals surface area contributed by atoms with Crippen LogP contribution in [-0.2, 0) is 6.54 Å². The monoisotopic (exact) mass is 425 g/mol. The van der Waals surface area contributed by atoms with Crippen molar-refractivity contribution in [1.82, 2.24) is 10.2 Å². The highest BCUT2D eigenvalue weighted by atomic mass is 35.5. The van der Waals surface area contributed by atoms with Gasteiger partial charge in [0.05, 0.1) is 29.9 Å². The van der Waals surface area contributed by atoms with E-state index in [2.05, 4.69) is 26.5 Å². The Balaban J connectivity index is 1.65. The summed E-state index contributed by atoms with van der Waals surface area (Å²) in [5, 5.41) is 33.7. The zero-order valence-electron chi connectivity index (χ0n) is 16.6. The fraction of sp³-hybridized carbons (Fsp3) is 0.318. The summed E-state index contributed by atoms with van der Waals surface area (Å²) >= 11 is 6.22. The van der Waals surface area contributed by atoms with E-state index in [1.165, 1.54) is 0 Å². The van der Waals surface area contributed by atoms with Gasteiger partial charge in [-0.1, -0.05) is 17.7 Å². The minimum Gasteiger partial charge on any atom is -0.495 e. The number of ether oxygens (including phenoxy) is 1. The minimum atomic E-state index is -0.261. The van der Waals surface area contributed by atoms with Crippen LogP contribution in [0.5, 0.6) is 5.75 Å². The first-order chi connectivity index (χ1) is 14.6. The number of aliphatic hydroxyl groups is 1. The molecule has 0 unspecified atom stereocenters. The van der Waals surface area contributed by atoms with E-state index in [1.807, 2.05) is 30.3 Å². The molecule has 154 valence electrons. The lowest BCUT2D eigenvalue weighted by Gasteiger charge is -2.31. The van der Waals surface area contributed by atoms with E-state index in [0.717, 1.165) is 35.2 Å². The van der Waals surface area contributed by atoms with Crippen molar-refractivity contribution in [1.29, 1.82) is 5.26 Å². The van der Waals surface area contributed by atoms with Crippen LogP contribution < -0.4 is 15.0 Å². The van der Waals surface area contributed by atoms with Crippen molar-refractivity contribution in [2.75, 3.05) is 30.4 Å². The predicted octanol–water partition coefficient (Wildman–Crippen LogP) is 3.74. The number of piperidine rings is 1. The molecule has 7 nitrogen and oxygen atoms in total. The molecule has 2 heterocycles. The van der Waals surface area contributed by atoms with Gasteiger partial charge < -0.3 is 20.1 Å². The molecule has 1 aliphatic heterocycles. The van der Waals surface area contributed by atoms with Gasteiger partial charge in [0.15, 0.2) is 11.6 Å². The fourth-order valence-corrected chi connectivity index (χ4v) is 3.94. The lowest BCUT2D eigenvalue weighted by Crippen LogP contribution is -2.36. The smallest absolute Gasteiger partial charge is 0.159 e. The van der Waals surface area contributed by atoms with Gasteiger partial charge >= 0.3 is 0 Å². The summed E-state index contributed by atoms with van der Waals surface area (Å²) in [6.45, 7) is 1.95. The first-order valence-electron chi connectivity index (χ1n) is 9.79. The number of rotatable bonds is 5. The molecular weight excluding hydrogens is 404 g/mol. The van der Waals surface area contributed by atoms with E-state index in [1.54, 1.807) is 13.2 Å². The van der Waals surface area contributed by atoms with Crippen molar-refractivity contribution in [3.05, 3.63) is 52.5 Å². The van der Waals surface area contributed by atoms with Crippen LogP contribution in [0, 0.1) is 11.3 Å². The summed E-state index contributed by atoms with van der Waals surface area (Å²) < 4.78 is 5.20. The second-order valence-corrected chi connectivity index (χ2v) is 7.69. The first-order valence-corrected chi connectivity index (χ1v) is 10.2. The summed E-state index contributed by atoms with van der Waals surface area (Å²) in [7, 11) is 1.58. The molecule has 0 bridgehead atoms. The van der Waals surface area contributed by atoms with Crippen LogP contribution in [0.1, 0.15) is 24.0 Å². The summed E-state index contributed by atoms with van der Waals surface area (Å²) in [6, 6.07) is 13.3. The van der Waals surface area contributed by atoms with Crippen LogP contribution in [0.4, 0.5) is 11.6 Å². The number of nitriles is 1. The number of methoxy groups -OCH3 is 1. The summed E-state index contributed by atoms with van der Waals surface area (Å²) in [5.74, 6) is 2.01. The Morgan fingerprint density at radius 1 is 1.30 bits per heavy atom. The number of fused-ring (bicyclic) bond motifs is 1. The Hall–Kier alpha value is -3.08. The van der Waals surface area contributed by atoms with Gasteiger partial charge in [-0.15, -0.1) is 10.2 Å². The molecule has 4 rings (SSSR count). The van der Waals surface area contributed by atoms with Crippen LogP contribution in [0.2, 0.25) is 5.02 Å². The number of hydrogen-bond acceptors (Lipinski definition) is 7. The Morgan fingerprint density at radius 3 is 2.80 bits per heavy atom. The van der Waals surface area contributed by atoms with Crippen LogP contribution in [0.3, 0.4) is 0 Å². The Labute approximate surface area is 179 Å². The highest BCUT2D eigenvalue weighted by Gasteiger charge is 2.21. The third-order valence-corrected chi connectivity index (χ3v) is 5.62. The molecule has 1 aromatic heterocycles. The van der Waals surface area contributed by atoms with Gasteiger partial charge in [-0.2, -0.15) is 5.26 Å². The van der Waals surface area contributed by atoms with Gasteiger partial charge in [-0.25, -0.2) is 0 Å². The number of aliphatic hydroxyl groups excluding tert-OH is 1. The fourth-order valence-electron chi connectivity index (χ4n) is 3.66. The normalized spacial score (nSPS) is 14.5. The van der Waals surface area contributed by atoms with Gasteiger partial charge in [0.25, 0.3) is 0 Å². The van der Waals surface area contributed by atoms with Crippen LogP contribution in [0.25, 0.3) is 10.8 Å². The number of nitrogens with one attached hydrogen (secondary N) is 1. The zero-order chi connectivity index (χ0) is 21.1. The number of aromatic nitrogens is 2. The highest BCUT2D eigenvalue weighted by molar-refractivity contribution is 6.32. The molecule has 0 atom stereocenters. The van der Waals surface area contributed by atoms with Crippen molar-refractivity contribution in [3.8, 4) is 11.8 Å². The third-order valence-electron chi connectivity index (χ3n) is 5.33. The lowest BCUT2D eigenvalue weighted by atomic mass is 10.1. The summed E-state index contributed by atoms with van der Waals surface area (Å²) in [5.41, 5.74) is 1.53. The second kappa shape index (κ2) is 8.74. The van der Waals surface area contributed by atoms with Crippen molar-refractivity contribution in [2.45, 2.75) is 25.5 Å². The SMILES string of the molecule is COc1ccc(CN[14c]2nnc(N3CCC(O)CC3)c3ccc(C#N)cc32)cc1Cl. The van der Waals surface area contributed by atoms with Crippen LogP contribution >= 0.6 is 11.6 Å². The van der Waals surface area contributed by atoms with E-state index in [0.29, 0.717) is 41.5 Å². The quantitative estimate of drug-likeness (QED) is 0.643. The van der Waals surface area contributed by atoms with Crippen LogP contribution in [-0.4, -0.2) is 41.6 Å². The van der Waals surface area contributed by atoms with E-state index in [-0.39, 0.29) is 6.10 Å². The molecule has 1 fully saturated rings. The van der Waals surface area contributed by atoms with Gasteiger partial charge in [0.2, 0.25) is 0 Å². The summed E-state index contributed by atoms with van der Waals surface area (Å²) in [6.07, 6.45) is 1.15. The molecule has 0 amide bonds. The number of nitrogens with zero attached hydrogens (tertiary/aromatic N) is 4. The molecule has 2 N–H and O–H groups in total. The van der Waals surface area contributed by atoms with Crippen molar-refractivity contribution >= 4 is 34.0 Å². The molecule has 0 spiro atoms. The highest BCUT2D eigenvalue weighted by Crippen LogP contribution is 2.31. The number of halogens is 1. The molecule has 30 heavy (non-hydrogen) atoms. The maximum Gasteiger partial charge on any atom is 0.159 e. The van der Waals surface area contributed by atoms with Crippen molar-refractivity contribution in [2.24, 2.45) is 0 Å². The van der Waals surface area contributed by atoms with Crippen LogP contribution in [0.15, 0.2) is 36.4 Å². The molecule has 8 heteroatoms. The molecule has 1 saturated heterocycles. The maximum atomic E-state index is 9.80. The lowest BCUT2D eigenvalue weighted by molar-refractivity contribution is 0.145. The standard InChI is InChI=1S/C22H22ClN5O2/c1-30-20-5-3-15(11-19(20)23)13-25-21-18-10-14(12-24)2-4-17(18)22(27-26-21)28-8-6-16(29)7-9-28/h2-5,10-11,16,29H,6-9,13H2,1H3,(H,25,26)/i21+2. The Kier molecular flexibility index (Phi) is 5.88. The van der Waals surface area contributed by atoms with Gasteiger partial charge in [-0.05, 0) is 48.7 Å². The van der Waals surface area contributed by atoms with E-state index >= 15 is 0 Å². The van der Waals surface area contributed by atoms with E-state index in [9.17, 15) is 10.4 Å². The average molecular weight is 426 g/mol. The molecule has 0 aliphatic carbocycles. The third kappa shape index (κ3) is 4.11. The maximum absolute atomic E-state index is 9.80. The molecular formula is C22H22ClN5O2. The van der Waals surface area contributed by atoms with E-state index < -0.39 is 0 Å². The van der Waals surface area contributed by atoms with Gasteiger partial charge in [-0.3, -0.25) is 0 Å². The largest absolute Gasteiger partial charge is 0.495 e. The topological polar surface area (TPSA) is 94.3 Å². The predicted molar refractivity (Wildman–Crippen MR) is 117 cm³/mol. The first kappa shape index (κ1) is 20.2. The molecule has 0 saturated carbocycles. The van der Waals surface area contributed by atoms with E-state index in [4.69, 9.17) is 16.3 Å².